The number of carbonyl (C=O) groups excluding carboxylic acids is 10. The van der Waals surface area contributed by atoms with Gasteiger partial charge in [0.1, 0.15) is 53.6 Å². The van der Waals surface area contributed by atoms with Crippen LogP contribution < -0.4 is 20.7 Å². The summed E-state index contributed by atoms with van der Waals surface area (Å²) in [6.07, 6.45) is -1.61. The molecule has 4 heterocycles. The predicted molar refractivity (Wildman–Crippen MR) is 266 cm³/mol. The number of hydrogen-bond acceptors (Lipinski definition) is 13. The van der Waals surface area contributed by atoms with E-state index < -0.39 is 137 Å². The second-order valence-electron chi connectivity index (χ2n) is 21.3. The summed E-state index contributed by atoms with van der Waals surface area (Å²) in [4.78, 5) is 147. The molecule has 1 aromatic carbocycles. The molecule has 5 rings (SSSR count). The number of hydrogen-bond donors (Lipinski definition) is 4. The van der Waals surface area contributed by atoms with Gasteiger partial charge in [0.05, 0.1) is 25.7 Å². The number of carbonyl (C=O) groups is 10. The molecule has 4 fully saturated rings. The number of amides is 8. The molecule has 4 aliphatic heterocycles. The average Bonchev–Trinajstić information content (AvgIpc) is 4.10. The molecule has 11 atom stereocenters. The van der Waals surface area contributed by atoms with E-state index in [1.807, 2.05) is 20.8 Å². The number of Topliss-reactive ketones (excluding diaryl/α,β-unsaturated/α-hetero) is 1. The van der Waals surface area contributed by atoms with Gasteiger partial charge in [0.15, 0.2) is 0 Å². The first-order chi connectivity index (χ1) is 34.2. The van der Waals surface area contributed by atoms with Gasteiger partial charge in [-0.25, -0.2) is 4.79 Å². The molecule has 0 saturated carbocycles. The molecule has 4 aliphatic rings. The van der Waals surface area contributed by atoms with E-state index in [9.17, 15) is 48.3 Å². The van der Waals surface area contributed by atoms with E-state index in [1.54, 1.807) is 38.1 Å². The predicted octanol–water partition coefficient (Wildman–Crippen LogP) is 1.11. The van der Waals surface area contributed by atoms with Gasteiger partial charge in [-0.05, 0) is 95.8 Å². The smallest absolute Gasteiger partial charge is 0.329 e. The van der Waals surface area contributed by atoms with Crippen molar-refractivity contribution in [1.82, 2.24) is 40.4 Å². The quantitative estimate of drug-likeness (QED) is 0.179. The number of rotatable bonds is 11. The van der Waals surface area contributed by atoms with Crippen LogP contribution in [0.4, 0.5) is 0 Å². The lowest BCUT2D eigenvalue weighted by Gasteiger charge is -2.38. The number of likely N-dealkylation sites (N-methyl/N-ethyl adjacent to an activating group) is 2. The number of nitrogens with one attached hydrogen (secondary N) is 3. The molecular weight excluding hydrogens is 945 g/mol. The molecule has 1 aromatic rings. The number of benzene rings is 1. The highest BCUT2D eigenvalue weighted by molar-refractivity contribution is 6.35. The van der Waals surface area contributed by atoms with Crippen LogP contribution >= 0.6 is 0 Å². The van der Waals surface area contributed by atoms with Crippen LogP contribution in [0.1, 0.15) is 119 Å². The van der Waals surface area contributed by atoms with Crippen molar-refractivity contribution in [2.45, 2.75) is 186 Å². The van der Waals surface area contributed by atoms with Crippen LogP contribution in [0.25, 0.3) is 0 Å². The Hall–Kier alpha value is -6.12. The van der Waals surface area contributed by atoms with Crippen LogP contribution in [0.5, 0.6) is 5.75 Å². The van der Waals surface area contributed by atoms with E-state index in [0.29, 0.717) is 30.6 Å². The maximum Gasteiger partial charge on any atom is 0.329 e. The minimum Gasteiger partial charge on any atom is -0.497 e. The summed E-state index contributed by atoms with van der Waals surface area (Å²) in [7, 11) is 4.35. The second kappa shape index (κ2) is 24.3. The molecular formula is C52H78N8O13. The third-order valence-corrected chi connectivity index (χ3v) is 15.0. The lowest BCUT2D eigenvalue weighted by molar-refractivity contribution is -0.166. The van der Waals surface area contributed by atoms with Gasteiger partial charge in [-0.2, -0.15) is 0 Å². The standard InChI is InChI=1S/C52H78N8O13/c1-13-29(4)42-40(62)27-41(63)55-52(8,9)51(71)53-35(24-28(2)3)46(66)59-23-15-17-37(59)48(68)57(11)39(26-33-18-20-34(72-12)21-19-33)50(70)73-32(7)43(44(64)54-42)60-30(5)25-38(49(60)69)56(10)47(67)36-16-14-22-58(36)45(65)31(6)61/h18-21,28-30,32,35-40,42-43,62H,13-17,22-27H2,1-12H3,(H,53,71)(H,54,64)(H,55,63)/t29-,30?,32+,35-,36-,37-,38+,39-,40-,42+,43-/m0/s1. The Kier molecular flexibility index (Phi) is 19.2. The molecule has 1 unspecified atom stereocenters. The minimum atomic E-state index is -1.62. The summed E-state index contributed by atoms with van der Waals surface area (Å²) in [5, 5.41) is 20.2. The van der Waals surface area contributed by atoms with Crippen LogP contribution in [0.3, 0.4) is 0 Å². The van der Waals surface area contributed by atoms with Gasteiger partial charge in [0.2, 0.25) is 47.1 Å². The Morgan fingerprint density at radius 2 is 1.58 bits per heavy atom. The highest BCUT2D eigenvalue weighted by Crippen LogP contribution is 2.31. The SMILES string of the molecule is CC[C@H](C)[C@H]1NC(=O)[C@@H](N2C(=O)[C@H](N(C)C(=O)[C@@H]3CCCN3C(=O)C(C)=O)CC2C)[C@@H](C)OC(=O)[C@H](Cc2ccc(OC)cc2)N(C)C(=O)[C@@H]2CCCN2C(=O)[C@H](CC(C)C)NC(=O)C(C)(C)NC(=O)C[C@@H]1O. The molecule has 73 heavy (non-hydrogen) atoms. The normalized spacial score (nSPS) is 29.5. The van der Waals surface area contributed by atoms with Gasteiger partial charge in [-0.15, -0.1) is 0 Å². The number of aliphatic hydroxyl groups excluding tert-OH is 1. The first-order valence-electron chi connectivity index (χ1n) is 25.7. The number of ether oxygens (including phenoxy) is 2. The van der Waals surface area contributed by atoms with Gasteiger partial charge < -0.3 is 55.0 Å². The zero-order valence-corrected chi connectivity index (χ0v) is 44.6. The van der Waals surface area contributed by atoms with Crippen molar-refractivity contribution in [3.63, 3.8) is 0 Å². The third kappa shape index (κ3) is 13.2. The Morgan fingerprint density at radius 1 is 0.932 bits per heavy atom. The first-order valence-corrected chi connectivity index (χ1v) is 25.7. The van der Waals surface area contributed by atoms with Crippen LogP contribution in [0.2, 0.25) is 0 Å². The molecule has 0 aliphatic carbocycles. The van der Waals surface area contributed by atoms with Crippen molar-refractivity contribution < 1.29 is 62.5 Å². The van der Waals surface area contributed by atoms with Crippen LogP contribution in [-0.2, 0) is 59.1 Å². The van der Waals surface area contributed by atoms with Crippen molar-refractivity contribution in [3.8, 4) is 5.75 Å². The van der Waals surface area contributed by atoms with Crippen LogP contribution in [0, 0.1) is 11.8 Å². The fraction of sp³-hybridized carbons (Fsp3) is 0.692. The molecule has 21 nitrogen and oxygen atoms in total. The summed E-state index contributed by atoms with van der Waals surface area (Å²) in [6.45, 7) is 14.8. The number of aliphatic hydroxyl groups is 1. The van der Waals surface area contributed by atoms with Crippen molar-refractivity contribution in [3.05, 3.63) is 29.8 Å². The van der Waals surface area contributed by atoms with Crippen molar-refractivity contribution in [2.75, 3.05) is 34.3 Å². The van der Waals surface area contributed by atoms with Gasteiger partial charge in [-0.3, -0.25) is 43.2 Å². The minimum absolute atomic E-state index is 0.0197. The number of ketones is 1. The Labute approximate surface area is 428 Å². The highest BCUT2D eigenvalue weighted by Gasteiger charge is 2.51. The van der Waals surface area contributed by atoms with Gasteiger partial charge in [0.25, 0.3) is 5.91 Å². The number of methoxy groups -OCH3 is 1. The van der Waals surface area contributed by atoms with E-state index >= 15 is 4.79 Å². The lowest BCUT2D eigenvalue weighted by atomic mass is 9.91. The monoisotopic (exact) mass is 1020 g/mol. The summed E-state index contributed by atoms with van der Waals surface area (Å²) in [5.41, 5.74) is -1.00. The van der Waals surface area contributed by atoms with Gasteiger partial charge in [-0.1, -0.05) is 46.2 Å². The summed E-state index contributed by atoms with van der Waals surface area (Å²) in [6, 6.07) is -2.32. The van der Waals surface area contributed by atoms with E-state index in [0.717, 1.165) is 6.92 Å². The maximum atomic E-state index is 15.1. The highest BCUT2D eigenvalue weighted by atomic mass is 16.5. The molecule has 0 spiro atoms. The molecule has 0 radical (unpaired) electrons. The van der Waals surface area contributed by atoms with E-state index in [4.69, 9.17) is 9.47 Å². The second-order valence-corrected chi connectivity index (χ2v) is 21.3. The topological polar surface area (TPSA) is 262 Å². The van der Waals surface area contributed by atoms with E-state index in [2.05, 4.69) is 16.0 Å². The number of likely N-dealkylation sites (tertiary alicyclic amines) is 2. The molecule has 0 bridgehead atoms. The fourth-order valence-corrected chi connectivity index (χ4v) is 10.6. The van der Waals surface area contributed by atoms with Crippen molar-refractivity contribution in [1.29, 1.82) is 0 Å². The van der Waals surface area contributed by atoms with Crippen molar-refractivity contribution in [2.24, 2.45) is 11.8 Å². The Balaban J connectivity index is 1.61. The summed E-state index contributed by atoms with van der Waals surface area (Å²) < 4.78 is 11.6. The zero-order chi connectivity index (χ0) is 54.4. The molecule has 0 aromatic heterocycles. The van der Waals surface area contributed by atoms with E-state index in [-0.39, 0.29) is 51.1 Å². The molecule has 21 heteroatoms. The number of nitrogens with zero attached hydrogens (tertiary/aromatic N) is 5. The Bertz CT molecular complexity index is 2260. The summed E-state index contributed by atoms with van der Waals surface area (Å²) >= 11 is 0. The first kappa shape index (κ1) is 57.8. The molecule has 4 N–H and O–H groups in total. The average molecular weight is 1020 g/mol. The third-order valence-electron chi connectivity index (χ3n) is 15.0. The zero-order valence-electron chi connectivity index (χ0n) is 44.6. The van der Waals surface area contributed by atoms with Gasteiger partial charge in [0, 0.05) is 46.6 Å². The Morgan fingerprint density at radius 3 is 2.18 bits per heavy atom. The number of esters is 1. The molecule has 8 amide bonds. The largest absolute Gasteiger partial charge is 0.497 e. The van der Waals surface area contributed by atoms with Crippen LogP contribution in [-0.4, -0.2) is 189 Å². The maximum absolute atomic E-state index is 15.1. The van der Waals surface area contributed by atoms with Gasteiger partial charge >= 0.3 is 5.97 Å². The van der Waals surface area contributed by atoms with E-state index in [1.165, 1.54) is 66.5 Å². The fourth-order valence-electron chi connectivity index (χ4n) is 10.6. The van der Waals surface area contributed by atoms with Crippen LogP contribution in [0.15, 0.2) is 24.3 Å². The molecule has 4 saturated heterocycles. The lowest BCUT2D eigenvalue weighted by Crippen LogP contribution is -2.62. The number of cyclic esters (lactones) is 1. The summed E-state index contributed by atoms with van der Waals surface area (Å²) in [5.74, 6) is -7.13. The number of fused-ring (bicyclic) bond motifs is 1. The molecule has 404 valence electrons. The van der Waals surface area contributed by atoms with Crippen molar-refractivity contribution >= 4 is 59.0 Å².